The second-order valence-electron chi connectivity index (χ2n) is 4.40. The first kappa shape index (κ1) is 11.9. The first-order valence-corrected chi connectivity index (χ1v) is 5.73. The first-order valence-electron chi connectivity index (χ1n) is 5.73. The van der Waals surface area contributed by atoms with Crippen molar-refractivity contribution >= 4 is 11.7 Å². The Morgan fingerprint density at radius 2 is 2.29 bits per heavy atom. The molecular weight excluding hydrogens is 218 g/mol. The SMILES string of the molecule is COC1CCN(c2ccc(C(=O)O)c(C)c2)C1. The van der Waals surface area contributed by atoms with Gasteiger partial charge in [-0.3, -0.25) is 0 Å². The van der Waals surface area contributed by atoms with Crippen LogP contribution in [0.1, 0.15) is 22.3 Å². The van der Waals surface area contributed by atoms with Gasteiger partial charge in [0.2, 0.25) is 0 Å². The van der Waals surface area contributed by atoms with Crippen LogP contribution in [0.4, 0.5) is 5.69 Å². The molecule has 17 heavy (non-hydrogen) atoms. The van der Waals surface area contributed by atoms with E-state index in [1.54, 1.807) is 13.2 Å². The lowest BCUT2D eigenvalue weighted by Gasteiger charge is -2.19. The Kier molecular flexibility index (Phi) is 3.33. The summed E-state index contributed by atoms with van der Waals surface area (Å²) in [5.41, 5.74) is 2.25. The van der Waals surface area contributed by atoms with E-state index in [1.165, 1.54) is 0 Å². The molecule has 1 aliphatic heterocycles. The summed E-state index contributed by atoms with van der Waals surface area (Å²) in [5.74, 6) is -0.870. The quantitative estimate of drug-likeness (QED) is 0.869. The van der Waals surface area contributed by atoms with Crippen LogP contribution in [0.15, 0.2) is 18.2 Å². The Balaban J connectivity index is 2.18. The van der Waals surface area contributed by atoms with E-state index in [-0.39, 0.29) is 6.10 Å². The third-order valence-corrected chi connectivity index (χ3v) is 3.28. The van der Waals surface area contributed by atoms with E-state index in [2.05, 4.69) is 4.90 Å². The van der Waals surface area contributed by atoms with Gasteiger partial charge in [-0.1, -0.05) is 0 Å². The van der Waals surface area contributed by atoms with Crippen molar-refractivity contribution in [3.63, 3.8) is 0 Å². The predicted octanol–water partition coefficient (Wildman–Crippen LogP) is 1.92. The van der Waals surface area contributed by atoms with Crippen molar-refractivity contribution < 1.29 is 14.6 Å². The van der Waals surface area contributed by atoms with Gasteiger partial charge in [0.25, 0.3) is 0 Å². The highest BCUT2D eigenvalue weighted by atomic mass is 16.5. The zero-order chi connectivity index (χ0) is 12.4. The van der Waals surface area contributed by atoms with Gasteiger partial charge in [0.15, 0.2) is 0 Å². The smallest absolute Gasteiger partial charge is 0.335 e. The van der Waals surface area contributed by atoms with E-state index in [0.29, 0.717) is 5.56 Å². The number of carboxylic acids is 1. The van der Waals surface area contributed by atoms with Crippen LogP contribution >= 0.6 is 0 Å². The molecule has 0 aromatic heterocycles. The summed E-state index contributed by atoms with van der Waals surface area (Å²) in [6.07, 6.45) is 1.31. The van der Waals surface area contributed by atoms with Gasteiger partial charge in [-0.15, -0.1) is 0 Å². The van der Waals surface area contributed by atoms with Crippen molar-refractivity contribution in [3.8, 4) is 0 Å². The van der Waals surface area contributed by atoms with Crippen LogP contribution in [-0.2, 0) is 4.74 Å². The summed E-state index contributed by atoms with van der Waals surface area (Å²) >= 11 is 0. The van der Waals surface area contributed by atoms with Crippen molar-refractivity contribution in [2.24, 2.45) is 0 Å². The summed E-state index contributed by atoms with van der Waals surface area (Å²) in [7, 11) is 1.73. The molecule has 0 radical (unpaired) electrons. The van der Waals surface area contributed by atoms with Gasteiger partial charge >= 0.3 is 5.97 Å². The van der Waals surface area contributed by atoms with Gasteiger partial charge < -0.3 is 14.7 Å². The highest BCUT2D eigenvalue weighted by Crippen LogP contribution is 2.24. The second kappa shape index (κ2) is 4.75. The molecule has 4 heteroatoms. The third kappa shape index (κ3) is 2.42. The third-order valence-electron chi connectivity index (χ3n) is 3.28. The lowest BCUT2D eigenvalue weighted by Crippen LogP contribution is -2.22. The van der Waals surface area contributed by atoms with Crippen LogP contribution in [0.25, 0.3) is 0 Å². The summed E-state index contributed by atoms with van der Waals surface area (Å²) in [6.45, 7) is 3.67. The molecule has 92 valence electrons. The van der Waals surface area contributed by atoms with Gasteiger partial charge in [0, 0.05) is 25.9 Å². The minimum Gasteiger partial charge on any atom is -0.478 e. The molecular formula is C13H17NO3. The van der Waals surface area contributed by atoms with Gasteiger partial charge in [-0.25, -0.2) is 4.79 Å². The number of ether oxygens (including phenoxy) is 1. The maximum absolute atomic E-state index is 10.9. The number of hydrogen-bond donors (Lipinski definition) is 1. The number of aryl methyl sites for hydroxylation is 1. The number of benzene rings is 1. The molecule has 1 heterocycles. The van der Waals surface area contributed by atoms with Gasteiger partial charge in [0.05, 0.1) is 11.7 Å². The zero-order valence-electron chi connectivity index (χ0n) is 10.1. The second-order valence-corrected chi connectivity index (χ2v) is 4.40. The minimum atomic E-state index is -0.870. The summed E-state index contributed by atoms with van der Waals surface area (Å²) in [4.78, 5) is 13.1. The normalized spacial score (nSPS) is 19.6. The Morgan fingerprint density at radius 3 is 2.82 bits per heavy atom. The largest absolute Gasteiger partial charge is 0.478 e. The predicted molar refractivity (Wildman–Crippen MR) is 65.8 cm³/mol. The molecule has 1 aromatic carbocycles. The van der Waals surface area contributed by atoms with E-state index >= 15 is 0 Å². The standard InChI is InChI=1S/C13H17NO3/c1-9-7-10(3-4-12(9)13(15)16)14-6-5-11(8-14)17-2/h3-4,7,11H,5-6,8H2,1-2H3,(H,15,16). The van der Waals surface area contributed by atoms with Crippen LogP contribution in [0.5, 0.6) is 0 Å². The minimum absolute atomic E-state index is 0.287. The lowest BCUT2D eigenvalue weighted by molar-refractivity contribution is 0.0696. The van der Waals surface area contributed by atoms with Crippen LogP contribution in [0, 0.1) is 6.92 Å². The Morgan fingerprint density at radius 1 is 1.53 bits per heavy atom. The Labute approximate surface area is 101 Å². The number of nitrogens with zero attached hydrogens (tertiary/aromatic N) is 1. The zero-order valence-corrected chi connectivity index (χ0v) is 10.1. The summed E-state index contributed by atoms with van der Waals surface area (Å²) in [6, 6.07) is 5.48. The van der Waals surface area contributed by atoms with Gasteiger partial charge in [-0.05, 0) is 37.1 Å². The van der Waals surface area contributed by atoms with Gasteiger partial charge in [-0.2, -0.15) is 0 Å². The molecule has 1 aromatic rings. The number of carboxylic acid groups (broad SMARTS) is 1. The average Bonchev–Trinajstić information content (AvgIpc) is 2.76. The van der Waals surface area contributed by atoms with Crippen LogP contribution < -0.4 is 4.90 Å². The molecule has 2 rings (SSSR count). The van der Waals surface area contributed by atoms with Gasteiger partial charge in [0.1, 0.15) is 0 Å². The molecule has 4 nitrogen and oxygen atoms in total. The number of hydrogen-bond acceptors (Lipinski definition) is 3. The maximum atomic E-state index is 10.9. The van der Waals surface area contributed by atoms with E-state index in [0.717, 1.165) is 30.8 Å². The van der Waals surface area contributed by atoms with Crippen molar-refractivity contribution in [2.75, 3.05) is 25.1 Å². The maximum Gasteiger partial charge on any atom is 0.335 e. The van der Waals surface area contributed by atoms with Crippen molar-refractivity contribution in [2.45, 2.75) is 19.4 Å². The fourth-order valence-corrected chi connectivity index (χ4v) is 2.24. The monoisotopic (exact) mass is 235 g/mol. The molecule has 0 amide bonds. The number of aromatic carboxylic acids is 1. The topological polar surface area (TPSA) is 49.8 Å². The van der Waals surface area contributed by atoms with Crippen LogP contribution in [0.2, 0.25) is 0 Å². The molecule has 0 aliphatic carbocycles. The fraction of sp³-hybridized carbons (Fsp3) is 0.462. The molecule has 0 bridgehead atoms. The first-order chi connectivity index (χ1) is 8.11. The summed E-state index contributed by atoms with van der Waals surface area (Å²) in [5, 5.41) is 8.97. The molecule has 0 spiro atoms. The number of methoxy groups -OCH3 is 1. The highest BCUT2D eigenvalue weighted by molar-refractivity contribution is 5.89. The number of carbonyl (C=O) groups is 1. The fourth-order valence-electron chi connectivity index (χ4n) is 2.24. The Hall–Kier alpha value is -1.55. The van der Waals surface area contributed by atoms with Crippen molar-refractivity contribution in [1.82, 2.24) is 0 Å². The van der Waals surface area contributed by atoms with E-state index in [9.17, 15) is 4.79 Å². The highest BCUT2D eigenvalue weighted by Gasteiger charge is 2.22. The molecule has 1 unspecified atom stereocenters. The van der Waals surface area contributed by atoms with Crippen molar-refractivity contribution in [3.05, 3.63) is 29.3 Å². The molecule has 1 atom stereocenters. The van der Waals surface area contributed by atoms with E-state index in [4.69, 9.17) is 9.84 Å². The number of rotatable bonds is 3. The number of anilines is 1. The van der Waals surface area contributed by atoms with E-state index in [1.807, 2.05) is 19.1 Å². The Bertz CT molecular complexity index is 431. The molecule has 1 N–H and O–H groups in total. The summed E-state index contributed by atoms with van der Waals surface area (Å²) < 4.78 is 5.32. The molecule has 1 saturated heterocycles. The molecule has 0 saturated carbocycles. The average molecular weight is 235 g/mol. The molecule has 1 aliphatic rings. The lowest BCUT2D eigenvalue weighted by atomic mass is 10.1. The molecule has 1 fully saturated rings. The van der Waals surface area contributed by atoms with Crippen LogP contribution in [0.3, 0.4) is 0 Å². The van der Waals surface area contributed by atoms with E-state index < -0.39 is 5.97 Å². The van der Waals surface area contributed by atoms with Crippen molar-refractivity contribution in [1.29, 1.82) is 0 Å². The van der Waals surface area contributed by atoms with Crippen LogP contribution in [-0.4, -0.2) is 37.4 Å².